The predicted molar refractivity (Wildman–Crippen MR) is 59.8 cm³/mol. The molecule has 0 N–H and O–H groups in total. The normalized spacial score (nSPS) is 9.57. The van der Waals surface area contributed by atoms with E-state index in [2.05, 4.69) is 22.5 Å². The summed E-state index contributed by atoms with van der Waals surface area (Å²) in [4.78, 5) is 10.5. The molecule has 0 bridgehead atoms. The van der Waals surface area contributed by atoms with Gasteiger partial charge in [0.2, 0.25) is 0 Å². The Bertz CT molecular complexity index is 358. The van der Waals surface area contributed by atoms with E-state index in [1.54, 1.807) is 18.2 Å². The molecule has 3 heteroatoms. The number of aldehydes is 1. The molecule has 1 rings (SSSR count). The molecule has 0 amide bonds. The first-order valence-corrected chi connectivity index (χ1v) is 4.94. The van der Waals surface area contributed by atoms with Crippen molar-refractivity contribution in [3.63, 3.8) is 0 Å². The van der Waals surface area contributed by atoms with Crippen LogP contribution in [0.2, 0.25) is 0 Å². The van der Waals surface area contributed by atoms with Crippen LogP contribution in [0.5, 0.6) is 5.75 Å². The van der Waals surface area contributed by atoms with Crippen LogP contribution in [0.25, 0.3) is 0 Å². The van der Waals surface area contributed by atoms with E-state index in [0.29, 0.717) is 12.2 Å². The lowest BCUT2D eigenvalue weighted by atomic mass is 10.2. The van der Waals surface area contributed by atoms with E-state index in [1.165, 1.54) is 0 Å². The smallest absolute Gasteiger partial charge is 0.150 e. The molecule has 0 saturated carbocycles. The number of benzene rings is 1. The Morgan fingerprint density at radius 1 is 1.64 bits per heavy atom. The van der Waals surface area contributed by atoms with E-state index in [1.807, 2.05) is 6.92 Å². The maximum absolute atomic E-state index is 10.5. The van der Waals surface area contributed by atoms with Gasteiger partial charge in [-0.25, -0.2) is 0 Å². The van der Waals surface area contributed by atoms with E-state index < -0.39 is 0 Å². The van der Waals surface area contributed by atoms with Crippen molar-refractivity contribution in [1.29, 1.82) is 0 Å². The van der Waals surface area contributed by atoms with Gasteiger partial charge in [-0.1, -0.05) is 6.58 Å². The Morgan fingerprint density at radius 3 is 2.86 bits per heavy atom. The summed E-state index contributed by atoms with van der Waals surface area (Å²) < 4.78 is 6.22. The van der Waals surface area contributed by atoms with Gasteiger partial charge in [0.25, 0.3) is 0 Å². The van der Waals surface area contributed by atoms with Crippen LogP contribution in [0.15, 0.2) is 34.8 Å². The molecule has 0 radical (unpaired) electrons. The van der Waals surface area contributed by atoms with Crippen molar-refractivity contribution in [3.05, 3.63) is 40.4 Å². The number of ether oxygens (including phenoxy) is 1. The Hall–Kier alpha value is -1.09. The molecule has 0 fully saturated rings. The average Bonchev–Trinajstić information content (AvgIpc) is 2.15. The first-order chi connectivity index (χ1) is 6.63. The van der Waals surface area contributed by atoms with E-state index in [9.17, 15) is 4.79 Å². The molecular formula is C11H11BrO2. The summed E-state index contributed by atoms with van der Waals surface area (Å²) in [5.74, 6) is 0.721. The van der Waals surface area contributed by atoms with E-state index >= 15 is 0 Å². The number of hydrogen-bond acceptors (Lipinski definition) is 2. The zero-order valence-electron chi connectivity index (χ0n) is 7.92. The molecule has 0 atom stereocenters. The van der Waals surface area contributed by atoms with Gasteiger partial charge in [-0.15, -0.1) is 0 Å². The SMILES string of the molecule is C=C(C)COc1ccc(C=O)cc1Br. The first kappa shape index (κ1) is 11.0. The van der Waals surface area contributed by atoms with Crippen LogP contribution >= 0.6 is 15.9 Å². The van der Waals surface area contributed by atoms with Gasteiger partial charge in [-0.05, 0) is 46.6 Å². The summed E-state index contributed by atoms with van der Waals surface area (Å²) in [7, 11) is 0. The highest BCUT2D eigenvalue weighted by Gasteiger charge is 2.01. The van der Waals surface area contributed by atoms with Crippen LogP contribution in [-0.2, 0) is 0 Å². The Balaban J connectivity index is 2.78. The van der Waals surface area contributed by atoms with Crippen LogP contribution in [-0.4, -0.2) is 12.9 Å². The number of halogens is 1. The molecule has 0 saturated heterocycles. The van der Waals surface area contributed by atoms with Crippen LogP contribution < -0.4 is 4.74 Å². The standard InChI is InChI=1S/C11H11BrO2/c1-8(2)7-14-11-4-3-9(6-13)5-10(11)12/h3-6H,1,7H2,2H3. The van der Waals surface area contributed by atoms with Crippen molar-refractivity contribution >= 4 is 22.2 Å². The van der Waals surface area contributed by atoms with Gasteiger partial charge >= 0.3 is 0 Å². The third kappa shape index (κ3) is 3.00. The summed E-state index contributed by atoms with van der Waals surface area (Å²) in [6.07, 6.45) is 0.799. The Morgan fingerprint density at radius 2 is 2.36 bits per heavy atom. The van der Waals surface area contributed by atoms with Gasteiger partial charge in [0.05, 0.1) is 4.47 Å². The monoisotopic (exact) mass is 254 g/mol. The highest BCUT2D eigenvalue weighted by Crippen LogP contribution is 2.25. The fourth-order valence-electron chi connectivity index (χ4n) is 0.908. The summed E-state index contributed by atoms with van der Waals surface area (Å²) in [5, 5.41) is 0. The molecule has 2 nitrogen and oxygen atoms in total. The maximum atomic E-state index is 10.5. The second-order valence-corrected chi connectivity index (χ2v) is 3.91. The van der Waals surface area contributed by atoms with Crippen LogP contribution in [0.3, 0.4) is 0 Å². The molecule has 0 aliphatic carbocycles. The van der Waals surface area contributed by atoms with Crippen LogP contribution in [0.4, 0.5) is 0 Å². The lowest BCUT2D eigenvalue weighted by molar-refractivity contribution is 0.112. The number of carbonyl (C=O) groups excluding carboxylic acids is 1. The summed E-state index contributed by atoms with van der Waals surface area (Å²) in [5.41, 5.74) is 1.58. The molecule has 0 heterocycles. The van der Waals surface area contributed by atoms with Crippen LogP contribution in [0, 0.1) is 0 Å². The maximum Gasteiger partial charge on any atom is 0.150 e. The molecule has 74 valence electrons. The average molecular weight is 255 g/mol. The Kier molecular flexibility index (Phi) is 3.89. The summed E-state index contributed by atoms with van der Waals surface area (Å²) >= 11 is 3.32. The zero-order valence-corrected chi connectivity index (χ0v) is 9.50. The fourth-order valence-corrected chi connectivity index (χ4v) is 1.42. The molecule has 0 spiro atoms. The first-order valence-electron chi connectivity index (χ1n) is 4.15. The van der Waals surface area contributed by atoms with Gasteiger partial charge in [0.15, 0.2) is 0 Å². The lowest BCUT2D eigenvalue weighted by Crippen LogP contribution is -1.98. The predicted octanol–water partition coefficient (Wildman–Crippen LogP) is 3.22. The van der Waals surface area contributed by atoms with Crippen molar-refractivity contribution in [3.8, 4) is 5.75 Å². The van der Waals surface area contributed by atoms with E-state index in [0.717, 1.165) is 22.1 Å². The van der Waals surface area contributed by atoms with Crippen molar-refractivity contribution in [2.24, 2.45) is 0 Å². The topological polar surface area (TPSA) is 26.3 Å². The van der Waals surface area contributed by atoms with Crippen LogP contribution in [0.1, 0.15) is 17.3 Å². The highest BCUT2D eigenvalue weighted by atomic mass is 79.9. The van der Waals surface area contributed by atoms with E-state index in [-0.39, 0.29) is 0 Å². The van der Waals surface area contributed by atoms with Gasteiger partial charge in [-0.2, -0.15) is 0 Å². The minimum atomic E-state index is 0.485. The second kappa shape index (κ2) is 4.96. The quantitative estimate of drug-likeness (QED) is 0.610. The molecular weight excluding hydrogens is 244 g/mol. The molecule has 1 aromatic rings. The molecule has 14 heavy (non-hydrogen) atoms. The molecule has 0 aromatic heterocycles. The van der Waals surface area contributed by atoms with Crippen molar-refractivity contribution < 1.29 is 9.53 Å². The van der Waals surface area contributed by atoms with E-state index in [4.69, 9.17) is 4.74 Å². The second-order valence-electron chi connectivity index (χ2n) is 3.05. The van der Waals surface area contributed by atoms with Crippen molar-refractivity contribution in [2.75, 3.05) is 6.61 Å². The van der Waals surface area contributed by atoms with Gasteiger partial charge < -0.3 is 4.74 Å². The Labute approximate surface area is 91.7 Å². The molecule has 0 unspecified atom stereocenters. The van der Waals surface area contributed by atoms with Crippen molar-refractivity contribution in [1.82, 2.24) is 0 Å². The third-order valence-corrected chi connectivity index (χ3v) is 2.19. The van der Waals surface area contributed by atoms with Gasteiger partial charge in [0, 0.05) is 5.56 Å². The largest absolute Gasteiger partial charge is 0.488 e. The molecule has 1 aromatic carbocycles. The molecule has 0 aliphatic rings. The molecule has 0 aliphatic heterocycles. The lowest BCUT2D eigenvalue weighted by Gasteiger charge is -2.07. The highest BCUT2D eigenvalue weighted by molar-refractivity contribution is 9.10. The third-order valence-electron chi connectivity index (χ3n) is 1.57. The fraction of sp³-hybridized carbons (Fsp3) is 0.182. The van der Waals surface area contributed by atoms with Gasteiger partial charge in [-0.3, -0.25) is 4.79 Å². The minimum Gasteiger partial charge on any atom is -0.488 e. The minimum absolute atomic E-state index is 0.485. The zero-order chi connectivity index (χ0) is 10.6. The summed E-state index contributed by atoms with van der Waals surface area (Å²) in [6, 6.07) is 5.20. The number of carbonyl (C=O) groups is 1. The van der Waals surface area contributed by atoms with Crippen molar-refractivity contribution in [2.45, 2.75) is 6.92 Å². The van der Waals surface area contributed by atoms with Gasteiger partial charge in [0.1, 0.15) is 18.6 Å². The summed E-state index contributed by atoms with van der Waals surface area (Å²) in [6.45, 7) is 6.12. The number of rotatable bonds is 4. The number of hydrogen-bond donors (Lipinski definition) is 0.